The smallest absolute Gasteiger partial charge is 0.195 e. The molecule has 0 aliphatic carbocycles. The Kier molecular flexibility index (Phi) is 3.79. The number of fused-ring (bicyclic) bond motifs is 1. The number of hydrogen-bond donors (Lipinski definition) is 0. The summed E-state index contributed by atoms with van der Waals surface area (Å²) in [5, 5.41) is 9.26. The molecule has 0 amide bonds. The first-order chi connectivity index (χ1) is 9.33. The summed E-state index contributed by atoms with van der Waals surface area (Å²) in [6, 6.07) is 5.90. The molecule has 1 aliphatic heterocycles. The van der Waals surface area contributed by atoms with Crippen molar-refractivity contribution in [2.24, 2.45) is 0 Å². The summed E-state index contributed by atoms with van der Waals surface area (Å²) in [6.45, 7) is 2.81. The molecule has 0 N–H and O–H groups in total. The van der Waals surface area contributed by atoms with Gasteiger partial charge in [0.05, 0.1) is 0 Å². The molecule has 1 saturated heterocycles. The maximum atomic E-state index is 11.2. The second kappa shape index (κ2) is 5.71. The summed E-state index contributed by atoms with van der Waals surface area (Å²) in [4.78, 5) is 13.5. The van der Waals surface area contributed by atoms with E-state index in [0.717, 1.165) is 36.2 Å². The molecule has 1 aliphatic rings. The lowest BCUT2D eigenvalue weighted by atomic mass is 10.1. The van der Waals surface area contributed by atoms with E-state index in [2.05, 4.69) is 15.1 Å². The molecule has 6 heteroatoms. The standard InChI is InChI=1S/C13H16N4OS/c18-11-4-7-16(8-5-11)9-10-19-13-15-14-12-3-1-2-6-17(12)13/h1-3,6H,4-5,7-10H2. The summed E-state index contributed by atoms with van der Waals surface area (Å²) in [5.74, 6) is 1.37. The second-order valence-corrected chi connectivity index (χ2v) is 5.70. The molecule has 0 unspecified atom stereocenters. The lowest BCUT2D eigenvalue weighted by Crippen LogP contribution is -2.35. The Morgan fingerprint density at radius 3 is 2.89 bits per heavy atom. The number of ketones is 1. The molecule has 0 aromatic carbocycles. The van der Waals surface area contributed by atoms with Crippen molar-refractivity contribution in [1.82, 2.24) is 19.5 Å². The summed E-state index contributed by atoms with van der Waals surface area (Å²) in [6.07, 6.45) is 3.40. The van der Waals surface area contributed by atoms with Crippen molar-refractivity contribution in [3.05, 3.63) is 24.4 Å². The molecule has 0 bridgehead atoms. The normalized spacial score (nSPS) is 17.2. The average molecular weight is 276 g/mol. The van der Waals surface area contributed by atoms with Crippen molar-refractivity contribution < 1.29 is 4.79 Å². The van der Waals surface area contributed by atoms with E-state index in [-0.39, 0.29) is 0 Å². The van der Waals surface area contributed by atoms with Crippen LogP contribution in [0, 0.1) is 0 Å². The predicted octanol–water partition coefficient (Wildman–Crippen LogP) is 1.49. The number of likely N-dealkylation sites (tertiary alicyclic amines) is 1. The minimum absolute atomic E-state index is 0.396. The minimum Gasteiger partial charge on any atom is -0.302 e. The van der Waals surface area contributed by atoms with E-state index >= 15 is 0 Å². The molecular formula is C13H16N4OS. The Morgan fingerprint density at radius 1 is 1.21 bits per heavy atom. The fourth-order valence-electron chi connectivity index (χ4n) is 2.21. The highest BCUT2D eigenvalue weighted by molar-refractivity contribution is 7.99. The van der Waals surface area contributed by atoms with Crippen molar-refractivity contribution in [2.45, 2.75) is 18.0 Å². The monoisotopic (exact) mass is 276 g/mol. The van der Waals surface area contributed by atoms with Crippen LogP contribution in [0.3, 0.4) is 0 Å². The van der Waals surface area contributed by atoms with Crippen LogP contribution in [0.15, 0.2) is 29.6 Å². The highest BCUT2D eigenvalue weighted by atomic mass is 32.2. The molecular weight excluding hydrogens is 260 g/mol. The van der Waals surface area contributed by atoms with Gasteiger partial charge in [0.1, 0.15) is 5.78 Å². The van der Waals surface area contributed by atoms with Gasteiger partial charge in [-0.1, -0.05) is 17.8 Å². The fourth-order valence-corrected chi connectivity index (χ4v) is 3.13. The SMILES string of the molecule is O=C1CCN(CCSc2nnc3ccccn23)CC1. The summed E-state index contributed by atoms with van der Waals surface area (Å²) >= 11 is 1.71. The number of hydrogen-bond acceptors (Lipinski definition) is 5. The van der Waals surface area contributed by atoms with Crippen LogP contribution >= 0.6 is 11.8 Å². The van der Waals surface area contributed by atoms with Crippen LogP contribution in [0.2, 0.25) is 0 Å². The van der Waals surface area contributed by atoms with E-state index in [0.29, 0.717) is 18.6 Å². The third kappa shape index (κ3) is 2.96. The summed E-state index contributed by atoms with van der Waals surface area (Å²) < 4.78 is 2.00. The summed E-state index contributed by atoms with van der Waals surface area (Å²) in [5.41, 5.74) is 0.883. The van der Waals surface area contributed by atoms with Gasteiger partial charge in [0, 0.05) is 44.4 Å². The quantitative estimate of drug-likeness (QED) is 0.792. The molecule has 1 fully saturated rings. The molecule has 100 valence electrons. The Balaban J connectivity index is 1.53. The Morgan fingerprint density at radius 2 is 2.05 bits per heavy atom. The first-order valence-electron chi connectivity index (χ1n) is 6.49. The number of piperidine rings is 1. The van der Waals surface area contributed by atoms with Gasteiger partial charge < -0.3 is 4.90 Å². The zero-order chi connectivity index (χ0) is 13.1. The third-order valence-corrected chi connectivity index (χ3v) is 4.26. The maximum absolute atomic E-state index is 11.2. The van der Waals surface area contributed by atoms with Gasteiger partial charge in [-0.2, -0.15) is 0 Å². The summed E-state index contributed by atoms with van der Waals surface area (Å²) in [7, 11) is 0. The molecule has 0 radical (unpaired) electrons. The molecule has 2 aromatic rings. The van der Waals surface area contributed by atoms with Crippen LogP contribution in [0.25, 0.3) is 5.65 Å². The first-order valence-corrected chi connectivity index (χ1v) is 7.48. The number of Topliss-reactive ketones (excluding diaryl/α,β-unsaturated/α-hetero) is 1. The van der Waals surface area contributed by atoms with Gasteiger partial charge >= 0.3 is 0 Å². The van der Waals surface area contributed by atoms with E-state index in [4.69, 9.17) is 0 Å². The highest BCUT2D eigenvalue weighted by Gasteiger charge is 2.15. The number of carbonyl (C=O) groups is 1. The van der Waals surface area contributed by atoms with Crippen molar-refractivity contribution >= 4 is 23.2 Å². The highest BCUT2D eigenvalue weighted by Crippen LogP contribution is 2.17. The largest absolute Gasteiger partial charge is 0.302 e. The number of aromatic nitrogens is 3. The number of carbonyl (C=O) groups excluding carboxylic acids is 1. The lowest BCUT2D eigenvalue weighted by Gasteiger charge is -2.25. The van der Waals surface area contributed by atoms with Crippen molar-refractivity contribution in [3.8, 4) is 0 Å². The molecule has 3 heterocycles. The number of thioether (sulfide) groups is 1. The Hall–Kier alpha value is -1.40. The Bertz CT molecular complexity index is 573. The molecule has 3 rings (SSSR count). The average Bonchev–Trinajstić information content (AvgIpc) is 2.85. The van der Waals surface area contributed by atoms with Crippen LogP contribution in [0.1, 0.15) is 12.8 Å². The van der Waals surface area contributed by atoms with Crippen LogP contribution in [-0.4, -0.2) is 50.7 Å². The van der Waals surface area contributed by atoms with Crippen molar-refractivity contribution in [1.29, 1.82) is 0 Å². The topological polar surface area (TPSA) is 50.5 Å². The van der Waals surface area contributed by atoms with Crippen molar-refractivity contribution in [2.75, 3.05) is 25.4 Å². The van der Waals surface area contributed by atoms with Gasteiger partial charge in [0.25, 0.3) is 0 Å². The molecule has 0 spiro atoms. The van der Waals surface area contributed by atoms with Gasteiger partial charge in [-0.05, 0) is 12.1 Å². The van der Waals surface area contributed by atoms with Gasteiger partial charge in [-0.15, -0.1) is 10.2 Å². The fraction of sp³-hybridized carbons (Fsp3) is 0.462. The maximum Gasteiger partial charge on any atom is 0.195 e. The molecule has 0 atom stereocenters. The number of nitrogens with zero attached hydrogens (tertiary/aromatic N) is 4. The zero-order valence-corrected chi connectivity index (χ0v) is 11.5. The van der Waals surface area contributed by atoms with Gasteiger partial charge in [-0.3, -0.25) is 9.20 Å². The zero-order valence-electron chi connectivity index (χ0n) is 10.7. The van der Waals surface area contributed by atoms with Gasteiger partial charge in [0.15, 0.2) is 10.8 Å². The molecule has 2 aromatic heterocycles. The third-order valence-electron chi connectivity index (χ3n) is 3.33. The van der Waals surface area contributed by atoms with Crippen molar-refractivity contribution in [3.63, 3.8) is 0 Å². The van der Waals surface area contributed by atoms with E-state index in [1.165, 1.54) is 0 Å². The van der Waals surface area contributed by atoms with Crippen LogP contribution < -0.4 is 0 Å². The first kappa shape index (κ1) is 12.6. The van der Waals surface area contributed by atoms with E-state index in [9.17, 15) is 4.79 Å². The number of rotatable bonds is 4. The Labute approximate surface area is 116 Å². The van der Waals surface area contributed by atoms with E-state index < -0.39 is 0 Å². The molecule has 5 nitrogen and oxygen atoms in total. The lowest BCUT2D eigenvalue weighted by molar-refractivity contribution is -0.121. The van der Waals surface area contributed by atoms with Gasteiger partial charge in [0.2, 0.25) is 0 Å². The van der Waals surface area contributed by atoms with E-state index in [1.807, 2.05) is 28.8 Å². The van der Waals surface area contributed by atoms with Gasteiger partial charge in [-0.25, -0.2) is 0 Å². The van der Waals surface area contributed by atoms with Crippen LogP contribution in [-0.2, 0) is 4.79 Å². The molecule has 19 heavy (non-hydrogen) atoms. The van der Waals surface area contributed by atoms with E-state index in [1.54, 1.807) is 11.8 Å². The molecule has 0 saturated carbocycles. The minimum atomic E-state index is 0.396. The van der Waals surface area contributed by atoms with Crippen LogP contribution in [0.4, 0.5) is 0 Å². The second-order valence-electron chi connectivity index (χ2n) is 4.64. The number of pyridine rings is 1. The van der Waals surface area contributed by atoms with Crippen LogP contribution in [0.5, 0.6) is 0 Å². The predicted molar refractivity (Wildman–Crippen MR) is 74.4 cm³/mol.